The SMILES string of the molecule is CCOC(=O)Cc1csc(NN=Cc2ccc(OCC(F)F)c(OC)c2)n1. The third-order valence-electron chi connectivity index (χ3n) is 3.11. The number of nitrogens with one attached hydrogen (secondary N) is 1. The van der Waals surface area contributed by atoms with Gasteiger partial charge in [0.2, 0.25) is 5.13 Å². The zero-order valence-corrected chi connectivity index (χ0v) is 15.6. The van der Waals surface area contributed by atoms with Gasteiger partial charge in [-0.2, -0.15) is 5.10 Å². The molecule has 10 heteroatoms. The summed E-state index contributed by atoms with van der Waals surface area (Å²) in [4.78, 5) is 15.7. The molecule has 0 aliphatic carbocycles. The number of hydrogen-bond donors (Lipinski definition) is 1. The number of ether oxygens (including phenoxy) is 3. The summed E-state index contributed by atoms with van der Waals surface area (Å²) in [6.07, 6.45) is -0.939. The number of rotatable bonds is 10. The highest BCUT2D eigenvalue weighted by molar-refractivity contribution is 7.13. The minimum absolute atomic E-state index is 0.104. The summed E-state index contributed by atoms with van der Waals surface area (Å²) >= 11 is 1.30. The third kappa shape index (κ3) is 6.81. The lowest BCUT2D eigenvalue weighted by Gasteiger charge is -2.10. The van der Waals surface area contributed by atoms with E-state index in [4.69, 9.17) is 14.2 Å². The monoisotopic (exact) mass is 399 g/mol. The normalized spacial score (nSPS) is 11.0. The number of halogens is 2. The molecule has 0 bridgehead atoms. The topological polar surface area (TPSA) is 82.0 Å². The molecule has 1 aromatic heterocycles. The van der Waals surface area contributed by atoms with Crippen molar-refractivity contribution in [2.45, 2.75) is 19.8 Å². The van der Waals surface area contributed by atoms with Crippen molar-refractivity contribution in [3.8, 4) is 11.5 Å². The van der Waals surface area contributed by atoms with Gasteiger partial charge in [-0.15, -0.1) is 11.3 Å². The molecule has 2 aromatic rings. The number of nitrogens with zero attached hydrogens (tertiary/aromatic N) is 2. The Kier molecular flexibility index (Phi) is 7.93. The van der Waals surface area contributed by atoms with E-state index >= 15 is 0 Å². The Morgan fingerprint density at radius 3 is 2.93 bits per heavy atom. The van der Waals surface area contributed by atoms with Crippen LogP contribution >= 0.6 is 11.3 Å². The largest absolute Gasteiger partial charge is 0.493 e. The molecule has 0 atom stereocenters. The van der Waals surface area contributed by atoms with Crippen molar-refractivity contribution in [1.82, 2.24) is 4.98 Å². The number of hydrogen-bond acceptors (Lipinski definition) is 8. The van der Waals surface area contributed by atoms with E-state index in [-0.39, 0.29) is 18.1 Å². The summed E-state index contributed by atoms with van der Waals surface area (Å²) < 4.78 is 39.5. The summed E-state index contributed by atoms with van der Waals surface area (Å²) in [5.41, 5.74) is 4.03. The van der Waals surface area contributed by atoms with Crippen LogP contribution in [0.2, 0.25) is 0 Å². The Bertz CT molecular complexity index is 783. The van der Waals surface area contributed by atoms with Crippen LogP contribution in [-0.4, -0.2) is 43.9 Å². The van der Waals surface area contributed by atoms with Gasteiger partial charge in [0.15, 0.2) is 11.5 Å². The molecule has 0 fully saturated rings. The first-order chi connectivity index (χ1) is 13.0. The Balaban J connectivity index is 1.94. The molecular weight excluding hydrogens is 380 g/mol. The smallest absolute Gasteiger partial charge is 0.311 e. The van der Waals surface area contributed by atoms with Crippen LogP contribution in [0.1, 0.15) is 18.2 Å². The van der Waals surface area contributed by atoms with Gasteiger partial charge in [0.05, 0.1) is 32.0 Å². The number of aromatic nitrogens is 1. The first-order valence-corrected chi connectivity index (χ1v) is 8.87. The van der Waals surface area contributed by atoms with Crippen LogP contribution in [0.5, 0.6) is 11.5 Å². The molecule has 0 aliphatic rings. The van der Waals surface area contributed by atoms with E-state index in [0.717, 1.165) is 0 Å². The Hall–Kier alpha value is -2.75. The molecule has 0 radical (unpaired) electrons. The zero-order chi connectivity index (χ0) is 19.6. The number of thiazole rings is 1. The summed E-state index contributed by atoms with van der Waals surface area (Å²) in [7, 11) is 1.42. The molecule has 1 aromatic carbocycles. The van der Waals surface area contributed by atoms with Crippen molar-refractivity contribution >= 4 is 28.7 Å². The molecule has 0 saturated heterocycles. The van der Waals surface area contributed by atoms with E-state index in [9.17, 15) is 13.6 Å². The number of carbonyl (C=O) groups excluding carboxylic acids is 1. The van der Waals surface area contributed by atoms with Gasteiger partial charge >= 0.3 is 5.97 Å². The van der Waals surface area contributed by atoms with Gasteiger partial charge < -0.3 is 14.2 Å². The van der Waals surface area contributed by atoms with Gasteiger partial charge in [-0.1, -0.05) is 0 Å². The fraction of sp³-hybridized carbons (Fsp3) is 0.353. The van der Waals surface area contributed by atoms with E-state index < -0.39 is 13.0 Å². The summed E-state index contributed by atoms with van der Waals surface area (Å²) in [5, 5.41) is 6.33. The first kappa shape index (κ1) is 20.6. The van der Waals surface area contributed by atoms with Crippen LogP contribution in [0.25, 0.3) is 0 Å². The molecule has 1 heterocycles. The molecular formula is C17H19F2N3O4S. The third-order valence-corrected chi connectivity index (χ3v) is 3.90. The molecule has 0 spiro atoms. The lowest BCUT2D eigenvalue weighted by Crippen LogP contribution is -2.08. The fourth-order valence-corrected chi connectivity index (χ4v) is 2.66. The molecule has 7 nitrogen and oxygen atoms in total. The van der Waals surface area contributed by atoms with Crippen molar-refractivity contribution in [2.75, 3.05) is 25.7 Å². The summed E-state index contributed by atoms with van der Waals surface area (Å²) in [6.45, 7) is 1.37. The highest BCUT2D eigenvalue weighted by Crippen LogP contribution is 2.28. The van der Waals surface area contributed by atoms with Crippen LogP contribution in [-0.2, 0) is 16.0 Å². The Morgan fingerprint density at radius 1 is 1.41 bits per heavy atom. The van der Waals surface area contributed by atoms with Gasteiger partial charge in [-0.3, -0.25) is 10.2 Å². The maximum Gasteiger partial charge on any atom is 0.311 e. The van der Waals surface area contributed by atoms with Crippen LogP contribution < -0.4 is 14.9 Å². The predicted octanol–water partition coefficient (Wildman–Crippen LogP) is 3.35. The fourth-order valence-electron chi connectivity index (χ4n) is 2.00. The van der Waals surface area contributed by atoms with Crippen LogP contribution in [0.3, 0.4) is 0 Å². The summed E-state index contributed by atoms with van der Waals surface area (Å²) in [5.74, 6) is 0.219. The molecule has 0 saturated carbocycles. The van der Waals surface area contributed by atoms with E-state index in [0.29, 0.717) is 28.7 Å². The molecule has 0 aliphatic heterocycles. The molecule has 146 valence electrons. The number of alkyl halides is 2. The lowest BCUT2D eigenvalue weighted by atomic mass is 10.2. The standard InChI is InChI=1S/C17H19F2N3O4S/c1-3-25-16(23)7-12-10-27-17(21-12)22-20-8-11-4-5-13(14(6-11)24-2)26-9-15(18)19/h4-6,8,10,15H,3,7,9H2,1-2H3,(H,21,22). The minimum Gasteiger partial charge on any atom is -0.493 e. The van der Waals surface area contributed by atoms with Crippen molar-refractivity contribution < 1.29 is 27.8 Å². The summed E-state index contributed by atoms with van der Waals surface area (Å²) in [6, 6.07) is 4.80. The molecule has 1 N–H and O–H groups in total. The Labute approximate surface area is 159 Å². The average Bonchev–Trinajstić information content (AvgIpc) is 3.07. The molecule has 0 unspecified atom stereocenters. The van der Waals surface area contributed by atoms with E-state index in [1.807, 2.05) is 0 Å². The highest BCUT2D eigenvalue weighted by atomic mass is 32.1. The van der Waals surface area contributed by atoms with Gasteiger partial charge in [-0.25, -0.2) is 13.8 Å². The maximum absolute atomic E-state index is 12.2. The van der Waals surface area contributed by atoms with Crippen molar-refractivity contribution in [3.05, 3.63) is 34.8 Å². The first-order valence-electron chi connectivity index (χ1n) is 8.00. The highest BCUT2D eigenvalue weighted by Gasteiger charge is 2.10. The van der Waals surface area contributed by atoms with E-state index in [1.165, 1.54) is 30.7 Å². The second kappa shape index (κ2) is 10.4. The van der Waals surface area contributed by atoms with Crippen molar-refractivity contribution in [2.24, 2.45) is 5.10 Å². The number of esters is 1. The Morgan fingerprint density at radius 2 is 2.22 bits per heavy atom. The molecule has 2 rings (SSSR count). The lowest BCUT2D eigenvalue weighted by molar-refractivity contribution is -0.142. The minimum atomic E-state index is -2.56. The van der Waals surface area contributed by atoms with E-state index in [1.54, 1.807) is 24.4 Å². The second-order valence-electron chi connectivity index (χ2n) is 5.11. The maximum atomic E-state index is 12.2. The van der Waals surface area contributed by atoms with Gasteiger partial charge in [0.25, 0.3) is 6.43 Å². The van der Waals surface area contributed by atoms with Crippen LogP contribution in [0, 0.1) is 0 Å². The number of benzene rings is 1. The van der Waals surface area contributed by atoms with Gasteiger partial charge in [0, 0.05) is 5.38 Å². The predicted molar refractivity (Wildman–Crippen MR) is 98.2 cm³/mol. The van der Waals surface area contributed by atoms with Gasteiger partial charge in [-0.05, 0) is 30.7 Å². The molecule has 0 amide bonds. The second-order valence-corrected chi connectivity index (χ2v) is 5.97. The quantitative estimate of drug-likeness (QED) is 0.375. The number of anilines is 1. The number of hydrazone groups is 1. The molecule has 27 heavy (non-hydrogen) atoms. The van der Waals surface area contributed by atoms with E-state index in [2.05, 4.69) is 15.5 Å². The van der Waals surface area contributed by atoms with Crippen LogP contribution in [0.4, 0.5) is 13.9 Å². The van der Waals surface area contributed by atoms with Crippen molar-refractivity contribution in [3.63, 3.8) is 0 Å². The van der Waals surface area contributed by atoms with Crippen LogP contribution in [0.15, 0.2) is 28.7 Å². The van der Waals surface area contributed by atoms with Crippen molar-refractivity contribution in [1.29, 1.82) is 0 Å². The number of methoxy groups -OCH3 is 1. The zero-order valence-electron chi connectivity index (χ0n) is 14.8. The number of carbonyl (C=O) groups is 1. The average molecular weight is 399 g/mol. The van der Waals surface area contributed by atoms with Gasteiger partial charge in [0.1, 0.15) is 6.61 Å².